The van der Waals surface area contributed by atoms with Gasteiger partial charge < -0.3 is 5.32 Å². The molecule has 5 nitrogen and oxygen atoms in total. The molecule has 0 aromatic carbocycles. The Bertz CT molecular complexity index is 549. The van der Waals surface area contributed by atoms with E-state index in [1.165, 1.54) is 23.7 Å². The average molecular weight is 283 g/mol. The van der Waals surface area contributed by atoms with Crippen LogP contribution in [0, 0.1) is 0 Å². The molecule has 2 rings (SSSR count). The van der Waals surface area contributed by atoms with Gasteiger partial charge in [0, 0.05) is 11.0 Å². The van der Waals surface area contributed by atoms with E-state index in [1.54, 1.807) is 12.1 Å². The monoisotopic (exact) mass is 282 g/mol. The standard InChI is InChI=1S/C11H11ClN4OS/c1-7(11-13-6-14-16-11)15-10(17)5-3-8-2-4-9(12)18-8/h2-7H,1H3,(H,15,17)(H,13,14,16)/b5-3+. The van der Waals surface area contributed by atoms with Crippen LogP contribution in [0.15, 0.2) is 24.5 Å². The van der Waals surface area contributed by atoms with Gasteiger partial charge in [-0.05, 0) is 25.1 Å². The number of halogens is 1. The fourth-order valence-corrected chi connectivity index (χ4v) is 2.29. The summed E-state index contributed by atoms with van der Waals surface area (Å²) in [5, 5.41) is 9.20. The molecular formula is C11H11ClN4OS. The van der Waals surface area contributed by atoms with Gasteiger partial charge in [-0.25, -0.2) is 4.98 Å². The number of carbonyl (C=O) groups excluding carboxylic acids is 1. The van der Waals surface area contributed by atoms with Crippen molar-refractivity contribution in [2.24, 2.45) is 0 Å². The van der Waals surface area contributed by atoms with Crippen LogP contribution in [-0.4, -0.2) is 21.1 Å². The van der Waals surface area contributed by atoms with Crippen molar-refractivity contribution in [1.29, 1.82) is 0 Å². The van der Waals surface area contributed by atoms with E-state index in [2.05, 4.69) is 20.5 Å². The van der Waals surface area contributed by atoms with E-state index in [1.807, 2.05) is 13.0 Å². The highest BCUT2D eigenvalue weighted by molar-refractivity contribution is 7.17. The number of aromatic amines is 1. The number of rotatable bonds is 4. The normalized spacial score (nSPS) is 12.8. The fraction of sp³-hybridized carbons (Fsp3) is 0.182. The molecule has 0 aliphatic carbocycles. The third-order valence-corrected chi connectivity index (χ3v) is 3.39. The summed E-state index contributed by atoms with van der Waals surface area (Å²) in [7, 11) is 0. The van der Waals surface area contributed by atoms with Crippen LogP contribution in [0.3, 0.4) is 0 Å². The SMILES string of the molecule is CC(NC(=O)/C=C/c1ccc(Cl)s1)c1ncn[nH]1. The molecule has 0 saturated carbocycles. The number of hydrogen-bond acceptors (Lipinski definition) is 4. The van der Waals surface area contributed by atoms with Crippen LogP contribution in [0.2, 0.25) is 4.34 Å². The van der Waals surface area contributed by atoms with Gasteiger partial charge in [0.05, 0.1) is 10.4 Å². The van der Waals surface area contributed by atoms with Crippen molar-refractivity contribution in [3.63, 3.8) is 0 Å². The number of nitrogens with zero attached hydrogens (tertiary/aromatic N) is 2. The first-order chi connectivity index (χ1) is 8.65. The Kier molecular flexibility index (Phi) is 4.11. The van der Waals surface area contributed by atoms with Crippen LogP contribution in [0.4, 0.5) is 0 Å². The number of nitrogens with one attached hydrogen (secondary N) is 2. The van der Waals surface area contributed by atoms with E-state index in [0.29, 0.717) is 10.2 Å². The highest BCUT2D eigenvalue weighted by Gasteiger charge is 2.09. The van der Waals surface area contributed by atoms with Crippen molar-refractivity contribution in [1.82, 2.24) is 20.5 Å². The van der Waals surface area contributed by atoms with Gasteiger partial charge >= 0.3 is 0 Å². The Morgan fingerprint density at radius 3 is 3.06 bits per heavy atom. The van der Waals surface area contributed by atoms with Gasteiger partial charge in [0.1, 0.15) is 12.2 Å². The summed E-state index contributed by atoms with van der Waals surface area (Å²) in [6, 6.07) is 3.44. The molecule has 0 aliphatic rings. The molecule has 0 fully saturated rings. The molecule has 0 radical (unpaired) electrons. The number of thiophene rings is 1. The van der Waals surface area contributed by atoms with Crippen LogP contribution >= 0.6 is 22.9 Å². The van der Waals surface area contributed by atoms with E-state index in [-0.39, 0.29) is 11.9 Å². The summed E-state index contributed by atoms with van der Waals surface area (Å²) in [5.41, 5.74) is 0. The molecule has 18 heavy (non-hydrogen) atoms. The zero-order chi connectivity index (χ0) is 13.0. The maximum absolute atomic E-state index is 11.6. The van der Waals surface area contributed by atoms with Crippen LogP contribution in [0.1, 0.15) is 23.7 Å². The number of aromatic nitrogens is 3. The number of H-pyrrole nitrogens is 1. The highest BCUT2D eigenvalue weighted by Crippen LogP contribution is 2.22. The molecule has 2 N–H and O–H groups in total. The minimum atomic E-state index is -0.212. The minimum Gasteiger partial charge on any atom is -0.343 e. The van der Waals surface area contributed by atoms with E-state index >= 15 is 0 Å². The Balaban J connectivity index is 1.91. The summed E-state index contributed by atoms with van der Waals surface area (Å²) < 4.78 is 0.699. The van der Waals surface area contributed by atoms with Crippen LogP contribution in [0.5, 0.6) is 0 Å². The summed E-state index contributed by atoms with van der Waals surface area (Å²) in [5.74, 6) is 0.430. The topological polar surface area (TPSA) is 70.7 Å². The lowest BCUT2D eigenvalue weighted by atomic mass is 10.3. The van der Waals surface area contributed by atoms with Gasteiger partial charge in [-0.1, -0.05) is 11.6 Å². The van der Waals surface area contributed by atoms with E-state index < -0.39 is 0 Å². The Hall–Kier alpha value is -1.66. The highest BCUT2D eigenvalue weighted by atomic mass is 35.5. The molecule has 1 unspecified atom stereocenters. The quantitative estimate of drug-likeness (QED) is 0.846. The largest absolute Gasteiger partial charge is 0.343 e. The number of hydrogen-bond donors (Lipinski definition) is 2. The van der Waals surface area contributed by atoms with Gasteiger partial charge in [-0.3, -0.25) is 9.89 Å². The van der Waals surface area contributed by atoms with Gasteiger partial charge in [0.15, 0.2) is 0 Å². The molecule has 94 valence electrons. The van der Waals surface area contributed by atoms with E-state index in [0.717, 1.165) is 4.88 Å². The fourth-order valence-electron chi connectivity index (χ4n) is 1.33. The molecule has 0 bridgehead atoms. The summed E-state index contributed by atoms with van der Waals surface area (Å²) in [6.07, 6.45) is 4.59. The maximum atomic E-state index is 11.6. The average Bonchev–Trinajstić information content (AvgIpc) is 2.97. The van der Waals surface area contributed by atoms with Crippen LogP contribution < -0.4 is 5.32 Å². The summed E-state index contributed by atoms with van der Waals surface area (Å²) >= 11 is 7.21. The Morgan fingerprint density at radius 1 is 1.61 bits per heavy atom. The smallest absolute Gasteiger partial charge is 0.244 e. The van der Waals surface area contributed by atoms with Crippen molar-refractivity contribution in [2.75, 3.05) is 0 Å². The van der Waals surface area contributed by atoms with E-state index in [4.69, 9.17) is 11.6 Å². The first kappa shape index (κ1) is 12.8. The number of carbonyl (C=O) groups is 1. The van der Waals surface area contributed by atoms with Crippen molar-refractivity contribution < 1.29 is 4.79 Å². The lowest BCUT2D eigenvalue weighted by Crippen LogP contribution is -2.25. The van der Waals surface area contributed by atoms with Gasteiger partial charge in [0.25, 0.3) is 0 Å². The molecule has 0 saturated heterocycles. The third kappa shape index (κ3) is 3.41. The zero-order valence-electron chi connectivity index (χ0n) is 9.55. The second kappa shape index (κ2) is 5.79. The van der Waals surface area contributed by atoms with Crippen molar-refractivity contribution in [3.05, 3.63) is 39.6 Å². The van der Waals surface area contributed by atoms with Crippen molar-refractivity contribution in [2.45, 2.75) is 13.0 Å². The predicted octanol–water partition coefficient (Wildman–Crippen LogP) is 2.41. The summed E-state index contributed by atoms with van der Waals surface area (Å²) in [6.45, 7) is 1.83. The zero-order valence-corrected chi connectivity index (χ0v) is 11.1. The molecule has 2 aromatic heterocycles. The molecule has 1 atom stereocenters. The second-order valence-corrected chi connectivity index (χ2v) is 5.32. The maximum Gasteiger partial charge on any atom is 0.244 e. The molecule has 0 spiro atoms. The first-order valence-corrected chi connectivity index (χ1v) is 6.44. The molecule has 0 aliphatic heterocycles. The van der Waals surface area contributed by atoms with E-state index in [9.17, 15) is 4.79 Å². The summed E-state index contributed by atoms with van der Waals surface area (Å²) in [4.78, 5) is 16.5. The number of amides is 1. The second-order valence-electron chi connectivity index (χ2n) is 3.58. The lowest BCUT2D eigenvalue weighted by Gasteiger charge is -2.08. The predicted molar refractivity (Wildman–Crippen MR) is 71.3 cm³/mol. The first-order valence-electron chi connectivity index (χ1n) is 5.24. The van der Waals surface area contributed by atoms with Gasteiger partial charge in [0.2, 0.25) is 5.91 Å². The molecule has 2 aromatic rings. The van der Waals surface area contributed by atoms with Crippen molar-refractivity contribution in [3.8, 4) is 0 Å². The van der Waals surface area contributed by atoms with Crippen LogP contribution in [0.25, 0.3) is 6.08 Å². The Morgan fingerprint density at radius 2 is 2.44 bits per heavy atom. The van der Waals surface area contributed by atoms with Gasteiger partial charge in [-0.15, -0.1) is 11.3 Å². The van der Waals surface area contributed by atoms with Gasteiger partial charge in [-0.2, -0.15) is 5.10 Å². The molecular weight excluding hydrogens is 272 g/mol. The minimum absolute atomic E-state index is 0.191. The Labute approximate surface area is 113 Å². The van der Waals surface area contributed by atoms with Crippen LogP contribution in [-0.2, 0) is 4.79 Å². The van der Waals surface area contributed by atoms with Crippen molar-refractivity contribution >= 4 is 34.9 Å². The molecule has 2 heterocycles. The lowest BCUT2D eigenvalue weighted by molar-refractivity contribution is -0.117. The molecule has 1 amide bonds. The molecule has 7 heteroatoms. The third-order valence-electron chi connectivity index (χ3n) is 2.20.